The first-order valence-corrected chi connectivity index (χ1v) is 8.95. The maximum atomic E-state index is 12.7. The molecule has 0 saturated carbocycles. The zero-order valence-electron chi connectivity index (χ0n) is 13.6. The lowest BCUT2D eigenvalue weighted by Crippen LogP contribution is -2.48. The molecular weight excluding hydrogens is 322 g/mol. The topological polar surface area (TPSA) is 53.7 Å². The number of amides is 1. The summed E-state index contributed by atoms with van der Waals surface area (Å²) in [5.74, 6) is 0.999. The van der Waals surface area contributed by atoms with Crippen molar-refractivity contribution >= 4 is 28.1 Å². The van der Waals surface area contributed by atoms with Gasteiger partial charge in [-0.3, -0.25) is 4.79 Å². The van der Waals surface area contributed by atoms with Gasteiger partial charge in [-0.1, -0.05) is 13.0 Å². The van der Waals surface area contributed by atoms with E-state index in [1.54, 1.807) is 0 Å². The van der Waals surface area contributed by atoms with Crippen LogP contribution in [0.1, 0.15) is 23.1 Å². The molecule has 1 saturated heterocycles. The Labute approximate surface area is 144 Å². The maximum absolute atomic E-state index is 12.7. The molecule has 1 amide bonds. The largest absolute Gasteiger partial charge is 0.343 e. The average Bonchev–Trinajstić information content (AvgIpc) is 3.28. The first-order chi connectivity index (χ1) is 11.7. The second kappa shape index (κ2) is 6.24. The molecule has 1 aliphatic rings. The molecule has 0 N–H and O–H groups in total. The smallest absolute Gasteiger partial charge is 0.255 e. The lowest BCUT2D eigenvalue weighted by Gasteiger charge is -2.34. The summed E-state index contributed by atoms with van der Waals surface area (Å²) in [5.41, 5.74) is 1.79. The quantitative estimate of drug-likeness (QED) is 0.734. The van der Waals surface area contributed by atoms with Gasteiger partial charge in [0, 0.05) is 62.0 Å². The second-order valence-electron chi connectivity index (χ2n) is 5.89. The van der Waals surface area contributed by atoms with Crippen LogP contribution >= 0.6 is 11.5 Å². The highest BCUT2D eigenvalue weighted by Crippen LogP contribution is 2.20. The van der Waals surface area contributed by atoms with Gasteiger partial charge in [0.1, 0.15) is 5.82 Å². The molecule has 0 atom stereocenters. The van der Waals surface area contributed by atoms with Crippen LogP contribution in [-0.2, 0) is 6.42 Å². The summed E-state index contributed by atoms with van der Waals surface area (Å²) < 4.78 is 6.32. The molecule has 4 rings (SSSR count). The van der Waals surface area contributed by atoms with E-state index < -0.39 is 0 Å². The van der Waals surface area contributed by atoms with Gasteiger partial charge >= 0.3 is 0 Å². The summed E-state index contributed by atoms with van der Waals surface area (Å²) in [6, 6.07) is 7.91. The molecule has 124 valence electrons. The van der Waals surface area contributed by atoms with Crippen LogP contribution in [0, 0.1) is 0 Å². The Morgan fingerprint density at radius 2 is 2.08 bits per heavy atom. The van der Waals surface area contributed by atoms with E-state index in [1.165, 1.54) is 11.5 Å². The number of piperazine rings is 1. The van der Waals surface area contributed by atoms with Gasteiger partial charge in [0.2, 0.25) is 5.13 Å². The molecule has 1 aliphatic heterocycles. The molecule has 3 aromatic rings. The molecule has 3 aromatic heterocycles. The molecule has 0 spiro atoms. The van der Waals surface area contributed by atoms with E-state index in [9.17, 15) is 4.79 Å². The van der Waals surface area contributed by atoms with Crippen LogP contribution < -0.4 is 4.90 Å². The Hall–Kier alpha value is -2.41. The first kappa shape index (κ1) is 15.1. The number of carbonyl (C=O) groups excluding carboxylic acids is 1. The number of fused-ring (bicyclic) bond motifs is 1. The van der Waals surface area contributed by atoms with Crippen molar-refractivity contribution in [2.75, 3.05) is 31.1 Å². The molecule has 1 fully saturated rings. The van der Waals surface area contributed by atoms with Crippen LogP contribution in [0.5, 0.6) is 0 Å². The minimum absolute atomic E-state index is 0.102. The number of carbonyl (C=O) groups is 1. The third kappa shape index (κ3) is 2.75. The van der Waals surface area contributed by atoms with Crippen LogP contribution in [0.15, 0.2) is 36.7 Å². The molecular formula is C17H19N5OS. The Bertz CT molecular complexity index is 830. The van der Waals surface area contributed by atoms with Crippen LogP contribution in [0.2, 0.25) is 0 Å². The monoisotopic (exact) mass is 341 g/mol. The number of hydrogen-bond acceptors (Lipinski definition) is 5. The second-order valence-corrected chi connectivity index (χ2v) is 6.62. The van der Waals surface area contributed by atoms with Gasteiger partial charge in [-0.15, -0.1) is 0 Å². The molecule has 24 heavy (non-hydrogen) atoms. The molecule has 0 bridgehead atoms. The fourth-order valence-corrected chi connectivity index (χ4v) is 3.77. The predicted molar refractivity (Wildman–Crippen MR) is 94.8 cm³/mol. The van der Waals surface area contributed by atoms with E-state index in [4.69, 9.17) is 0 Å². The number of aryl methyl sites for hydroxylation is 1. The SMILES string of the molecule is CCc1nsc(N2CCN(C(=O)c3cc4ccccn4c3)CC2)n1. The first-order valence-electron chi connectivity index (χ1n) is 8.18. The van der Waals surface area contributed by atoms with Crippen LogP contribution in [0.25, 0.3) is 5.52 Å². The summed E-state index contributed by atoms with van der Waals surface area (Å²) in [6.07, 6.45) is 4.73. The fourth-order valence-electron chi connectivity index (χ4n) is 2.97. The van der Waals surface area contributed by atoms with Crippen molar-refractivity contribution in [2.24, 2.45) is 0 Å². The van der Waals surface area contributed by atoms with E-state index in [-0.39, 0.29) is 5.91 Å². The number of aromatic nitrogens is 3. The van der Waals surface area contributed by atoms with Crippen molar-refractivity contribution in [2.45, 2.75) is 13.3 Å². The number of nitrogens with zero attached hydrogens (tertiary/aromatic N) is 5. The summed E-state index contributed by atoms with van der Waals surface area (Å²) in [6.45, 7) is 5.09. The Morgan fingerprint density at radius 1 is 1.25 bits per heavy atom. The van der Waals surface area contributed by atoms with Gasteiger partial charge in [0.15, 0.2) is 0 Å². The van der Waals surface area contributed by atoms with Crippen molar-refractivity contribution in [3.63, 3.8) is 0 Å². The zero-order chi connectivity index (χ0) is 16.5. The normalized spacial score (nSPS) is 15.2. The molecule has 0 radical (unpaired) electrons. The van der Waals surface area contributed by atoms with Crippen molar-refractivity contribution in [1.29, 1.82) is 0 Å². The number of anilines is 1. The summed E-state index contributed by atoms with van der Waals surface area (Å²) in [4.78, 5) is 21.4. The molecule has 0 unspecified atom stereocenters. The fraction of sp³-hybridized carbons (Fsp3) is 0.353. The Kier molecular flexibility index (Phi) is 3.93. The van der Waals surface area contributed by atoms with Crippen LogP contribution in [0.3, 0.4) is 0 Å². The molecule has 6 nitrogen and oxygen atoms in total. The highest BCUT2D eigenvalue weighted by atomic mass is 32.1. The van der Waals surface area contributed by atoms with Gasteiger partial charge in [-0.2, -0.15) is 4.37 Å². The van der Waals surface area contributed by atoms with Crippen molar-refractivity contribution in [3.8, 4) is 0 Å². The van der Waals surface area contributed by atoms with Crippen LogP contribution in [-0.4, -0.2) is 50.7 Å². The third-order valence-electron chi connectivity index (χ3n) is 4.36. The van der Waals surface area contributed by atoms with Crippen molar-refractivity contribution < 1.29 is 4.79 Å². The highest BCUT2D eigenvalue weighted by molar-refractivity contribution is 7.09. The minimum atomic E-state index is 0.102. The van der Waals surface area contributed by atoms with Crippen molar-refractivity contribution in [3.05, 3.63) is 48.0 Å². The van der Waals surface area contributed by atoms with Gasteiger partial charge in [0.25, 0.3) is 5.91 Å². The van der Waals surface area contributed by atoms with E-state index >= 15 is 0 Å². The Morgan fingerprint density at radius 3 is 2.79 bits per heavy atom. The van der Waals surface area contributed by atoms with E-state index in [2.05, 4.69) is 21.2 Å². The number of pyridine rings is 1. The lowest BCUT2D eigenvalue weighted by atomic mass is 10.2. The third-order valence-corrected chi connectivity index (χ3v) is 5.18. The maximum Gasteiger partial charge on any atom is 0.255 e. The van der Waals surface area contributed by atoms with Gasteiger partial charge in [0.05, 0.1) is 5.56 Å². The minimum Gasteiger partial charge on any atom is -0.343 e. The summed E-state index contributed by atoms with van der Waals surface area (Å²) in [5, 5.41) is 0.966. The summed E-state index contributed by atoms with van der Waals surface area (Å²) in [7, 11) is 0. The zero-order valence-corrected chi connectivity index (χ0v) is 14.4. The van der Waals surface area contributed by atoms with E-state index in [1.807, 2.05) is 46.0 Å². The van der Waals surface area contributed by atoms with E-state index in [0.29, 0.717) is 13.1 Å². The Balaban J connectivity index is 1.44. The van der Waals surface area contributed by atoms with Gasteiger partial charge in [-0.05, 0) is 18.2 Å². The molecule has 4 heterocycles. The number of hydrogen-bond donors (Lipinski definition) is 0. The predicted octanol–water partition coefficient (Wildman–Crippen LogP) is 2.32. The van der Waals surface area contributed by atoms with Gasteiger partial charge < -0.3 is 14.2 Å². The van der Waals surface area contributed by atoms with E-state index in [0.717, 1.165) is 41.5 Å². The standard InChI is InChI=1S/C17H19N5OS/c1-2-15-18-17(24-19-15)21-9-7-20(8-10-21)16(23)13-11-14-5-3-4-6-22(14)12-13/h3-6,11-12H,2,7-10H2,1H3. The molecule has 7 heteroatoms. The number of rotatable bonds is 3. The molecule has 0 aliphatic carbocycles. The summed E-state index contributed by atoms with van der Waals surface area (Å²) >= 11 is 1.45. The lowest BCUT2D eigenvalue weighted by molar-refractivity contribution is 0.0747. The highest BCUT2D eigenvalue weighted by Gasteiger charge is 2.24. The van der Waals surface area contributed by atoms with Crippen LogP contribution in [0.4, 0.5) is 5.13 Å². The van der Waals surface area contributed by atoms with Gasteiger partial charge in [-0.25, -0.2) is 4.98 Å². The van der Waals surface area contributed by atoms with Crippen molar-refractivity contribution in [1.82, 2.24) is 18.7 Å². The molecule has 0 aromatic carbocycles. The average molecular weight is 341 g/mol.